The number of carbonyl (C=O) groups is 2. The van der Waals surface area contributed by atoms with Crippen LogP contribution >= 0.6 is 52.8 Å². The molecule has 0 fully saturated rings. The molecule has 13 heteroatoms. The summed E-state index contributed by atoms with van der Waals surface area (Å²) in [4.78, 5) is 45.9. The molecule has 0 radical (unpaired) electrons. The van der Waals surface area contributed by atoms with Crippen LogP contribution in [0.5, 0.6) is 23.0 Å². The maximum Gasteiger partial charge on any atom is 0.376 e. The minimum Gasteiger partial charge on any atom is -0.504 e. The maximum atomic E-state index is 12.9. The predicted octanol–water partition coefficient (Wildman–Crippen LogP) is 6.95. The first-order valence-corrected chi connectivity index (χ1v) is 16.4. The van der Waals surface area contributed by atoms with Gasteiger partial charge in [0.15, 0.2) is 17.2 Å². The number of halogens is 2. The monoisotopic (exact) mass is 818 g/mol. The predicted molar refractivity (Wildman–Crippen MR) is 170 cm³/mol. The summed E-state index contributed by atoms with van der Waals surface area (Å²) in [6, 6.07) is 8.08. The maximum absolute atomic E-state index is 12.9. The Hall–Kier alpha value is -1.61. The number of hydrogen-bond acceptors (Lipinski definition) is 8. The van der Waals surface area contributed by atoms with Gasteiger partial charge in [-0.2, -0.15) is 0 Å². The van der Waals surface area contributed by atoms with Crippen molar-refractivity contribution in [3.63, 3.8) is 0 Å². The van der Waals surface area contributed by atoms with Crippen LogP contribution in [0, 0.1) is 18.0 Å². The highest BCUT2D eigenvalue weighted by Gasteiger charge is 2.53. The highest BCUT2D eigenvalue weighted by atomic mass is 127. The molecule has 0 aliphatic carbocycles. The second-order valence-corrected chi connectivity index (χ2v) is 16.2. The molecule has 2 aromatic rings. The number of phenols is 1. The van der Waals surface area contributed by atoms with Crippen molar-refractivity contribution < 1.29 is 48.0 Å². The average molecular weight is 818 g/mol. The molecule has 2 aromatic carbocycles. The number of carbonyl (C=O) groups excluding carboxylic acids is 2. The van der Waals surface area contributed by atoms with Gasteiger partial charge in [0.1, 0.15) is 19.0 Å². The normalized spacial score (nSPS) is 12.7. The SMILES string of the molecule is CC(C)c1ccc(Oc2c(I)cc(OC(COC(=O)C(C)(C)C)(COC(=O)C(C)(C)C)P(=O)(O)O)cc2I)c(O)c1. The topological polar surface area (TPSA) is 149 Å². The van der Waals surface area contributed by atoms with Gasteiger partial charge in [0, 0.05) is 0 Å². The lowest BCUT2D eigenvalue weighted by atomic mass is 9.97. The van der Waals surface area contributed by atoms with Crippen LogP contribution in [-0.4, -0.2) is 45.4 Å². The van der Waals surface area contributed by atoms with Gasteiger partial charge in [-0.3, -0.25) is 14.2 Å². The van der Waals surface area contributed by atoms with Gasteiger partial charge >= 0.3 is 19.5 Å². The van der Waals surface area contributed by atoms with Crippen molar-refractivity contribution in [1.29, 1.82) is 0 Å². The van der Waals surface area contributed by atoms with Gasteiger partial charge in [0.2, 0.25) is 0 Å². The van der Waals surface area contributed by atoms with E-state index in [1.54, 1.807) is 53.7 Å². The molecule has 0 saturated heterocycles. The molecule has 228 valence electrons. The molecule has 0 unspecified atom stereocenters. The first-order chi connectivity index (χ1) is 18.6. The number of rotatable bonds is 10. The molecule has 41 heavy (non-hydrogen) atoms. The standard InChI is InChI=1S/C28H37I2O10P/c1-16(2)17-9-10-22(21(31)11-17)39-23-19(29)12-18(13-20(23)30)40-28(41(34,35)36,14-37-24(32)26(3,4)5)15-38-25(33)27(6,7)8/h9-13,16,31H,14-15H2,1-8H3,(H2,34,35,36). The molecule has 0 heterocycles. The summed E-state index contributed by atoms with van der Waals surface area (Å²) >= 11 is 3.94. The van der Waals surface area contributed by atoms with E-state index in [2.05, 4.69) is 0 Å². The fourth-order valence-corrected chi connectivity index (χ4v) is 5.74. The van der Waals surface area contributed by atoms with E-state index in [-0.39, 0.29) is 23.2 Å². The molecule has 0 bridgehead atoms. The van der Waals surface area contributed by atoms with Crippen molar-refractivity contribution in [2.24, 2.45) is 10.8 Å². The zero-order valence-electron chi connectivity index (χ0n) is 24.3. The number of phenolic OH excluding ortho intramolecular Hbond substituents is 1. The Bertz CT molecular complexity index is 1270. The van der Waals surface area contributed by atoms with Gasteiger partial charge in [-0.25, -0.2) is 0 Å². The third-order valence-electron chi connectivity index (χ3n) is 5.75. The number of hydrogen-bond donors (Lipinski definition) is 3. The Morgan fingerprint density at radius 3 is 1.71 bits per heavy atom. The van der Waals surface area contributed by atoms with Crippen LogP contribution in [0.1, 0.15) is 66.9 Å². The van der Waals surface area contributed by atoms with E-state index in [0.29, 0.717) is 12.9 Å². The number of benzene rings is 2. The van der Waals surface area contributed by atoms with Gasteiger partial charge in [0.05, 0.1) is 18.0 Å². The molecule has 10 nitrogen and oxygen atoms in total. The second-order valence-electron chi connectivity index (χ2n) is 11.9. The van der Waals surface area contributed by atoms with E-state index in [1.807, 2.05) is 65.1 Å². The highest BCUT2D eigenvalue weighted by molar-refractivity contribution is 14.1. The third-order valence-corrected chi connectivity index (χ3v) is 8.77. The molecule has 0 amide bonds. The van der Waals surface area contributed by atoms with Gasteiger partial charge in [-0.15, -0.1) is 0 Å². The molecule has 0 aliphatic rings. The zero-order valence-corrected chi connectivity index (χ0v) is 29.5. The highest BCUT2D eigenvalue weighted by Crippen LogP contribution is 2.53. The van der Waals surface area contributed by atoms with Crippen LogP contribution in [0.25, 0.3) is 0 Å². The smallest absolute Gasteiger partial charge is 0.376 e. The largest absolute Gasteiger partial charge is 0.504 e. The summed E-state index contributed by atoms with van der Waals surface area (Å²) in [7, 11) is -5.25. The summed E-state index contributed by atoms with van der Waals surface area (Å²) in [6.45, 7) is 11.8. The van der Waals surface area contributed by atoms with Gasteiger partial charge in [-0.05, 0) is 122 Å². The van der Waals surface area contributed by atoms with E-state index in [0.717, 1.165) is 5.56 Å². The first-order valence-electron chi connectivity index (χ1n) is 12.7. The minimum absolute atomic E-state index is 0.00691. The summed E-state index contributed by atoms with van der Waals surface area (Å²) in [5.41, 5.74) is -0.993. The van der Waals surface area contributed by atoms with Gasteiger partial charge in [-0.1, -0.05) is 19.9 Å². The average Bonchev–Trinajstić information content (AvgIpc) is 2.81. The number of aromatic hydroxyl groups is 1. The van der Waals surface area contributed by atoms with Crippen molar-refractivity contribution in [3.8, 4) is 23.0 Å². The van der Waals surface area contributed by atoms with Gasteiger partial charge < -0.3 is 33.8 Å². The third kappa shape index (κ3) is 9.44. The Morgan fingerprint density at radius 2 is 1.34 bits per heavy atom. The fourth-order valence-electron chi connectivity index (χ4n) is 3.12. The van der Waals surface area contributed by atoms with Crippen LogP contribution in [-0.2, 0) is 23.6 Å². The number of esters is 2. The van der Waals surface area contributed by atoms with Gasteiger partial charge in [0.25, 0.3) is 5.34 Å². The lowest BCUT2D eigenvalue weighted by molar-refractivity contribution is -0.164. The molecular weight excluding hydrogens is 781 g/mol. The van der Waals surface area contributed by atoms with Crippen LogP contribution < -0.4 is 9.47 Å². The summed E-state index contributed by atoms with van der Waals surface area (Å²) in [5.74, 6) is -0.656. The molecule has 0 aliphatic heterocycles. The molecule has 0 atom stereocenters. The van der Waals surface area contributed by atoms with Crippen molar-refractivity contribution in [2.75, 3.05) is 13.2 Å². The second kappa shape index (κ2) is 13.4. The van der Waals surface area contributed by atoms with E-state index < -0.39 is 48.9 Å². The Morgan fingerprint density at radius 1 is 0.878 bits per heavy atom. The summed E-state index contributed by atoms with van der Waals surface area (Å²) in [6.07, 6.45) is 0. The molecule has 0 spiro atoms. The summed E-state index contributed by atoms with van der Waals surface area (Å²) < 4.78 is 36.3. The Balaban J connectivity index is 2.50. The quantitative estimate of drug-likeness (QED) is 0.131. The van der Waals surface area contributed by atoms with E-state index in [1.165, 1.54) is 12.1 Å². The van der Waals surface area contributed by atoms with E-state index >= 15 is 0 Å². The number of ether oxygens (including phenoxy) is 4. The Kier molecular flexibility index (Phi) is 11.6. The molecule has 0 saturated carbocycles. The Labute approximate surface area is 267 Å². The van der Waals surface area contributed by atoms with Crippen LogP contribution in [0.4, 0.5) is 0 Å². The fraction of sp³-hybridized carbons (Fsp3) is 0.500. The van der Waals surface area contributed by atoms with Crippen molar-refractivity contribution in [3.05, 3.63) is 43.0 Å². The van der Waals surface area contributed by atoms with E-state index in [9.17, 15) is 29.0 Å². The lowest BCUT2D eigenvalue weighted by Gasteiger charge is -2.35. The molecule has 0 aromatic heterocycles. The van der Waals surface area contributed by atoms with Crippen LogP contribution in [0.2, 0.25) is 0 Å². The van der Waals surface area contributed by atoms with Crippen molar-refractivity contribution in [2.45, 2.75) is 66.6 Å². The van der Waals surface area contributed by atoms with Crippen LogP contribution in [0.15, 0.2) is 30.3 Å². The first kappa shape index (κ1) is 35.6. The minimum atomic E-state index is -5.25. The molecule has 2 rings (SSSR count). The molecule has 3 N–H and O–H groups in total. The van der Waals surface area contributed by atoms with Crippen LogP contribution in [0.3, 0.4) is 0 Å². The van der Waals surface area contributed by atoms with Crippen molar-refractivity contribution in [1.82, 2.24) is 0 Å². The van der Waals surface area contributed by atoms with Crippen molar-refractivity contribution >= 4 is 64.7 Å². The zero-order chi connectivity index (χ0) is 31.6. The molecular formula is C28H37I2O10P. The van der Waals surface area contributed by atoms with E-state index in [4.69, 9.17) is 18.9 Å². The lowest BCUT2D eigenvalue weighted by Crippen LogP contribution is -2.48. The summed E-state index contributed by atoms with van der Waals surface area (Å²) in [5, 5.41) is 7.94.